The fourth-order valence-electron chi connectivity index (χ4n) is 2.52. The summed E-state index contributed by atoms with van der Waals surface area (Å²) in [4.78, 5) is 12.5. The SMILES string of the molecule is O=C(Nc1ccccc1OCC(F)(F)F)c1ccc(C2SCCCS2)cc1. The van der Waals surface area contributed by atoms with Crippen molar-refractivity contribution in [1.82, 2.24) is 0 Å². The van der Waals surface area contributed by atoms with Crippen LogP contribution in [0.1, 0.15) is 26.9 Å². The molecule has 144 valence electrons. The van der Waals surface area contributed by atoms with E-state index >= 15 is 0 Å². The van der Waals surface area contributed by atoms with Gasteiger partial charge in [0.05, 0.1) is 10.3 Å². The van der Waals surface area contributed by atoms with Gasteiger partial charge in [-0.25, -0.2) is 0 Å². The van der Waals surface area contributed by atoms with Gasteiger partial charge in [0.15, 0.2) is 6.61 Å². The Morgan fingerprint density at radius 2 is 1.74 bits per heavy atom. The van der Waals surface area contributed by atoms with Crippen molar-refractivity contribution in [2.45, 2.75) is 17.2 Å². The number of nitrogens with one attached hydrogen (secondary N) is 1. The van der Waals surface area contributed by atoms with Gasteiger partial charge in [0.25, 0.3) is 5.91 Å². The summed E-state index contributed by atoms with van der Waals surface area (Å²) in [6, 6.07) is 13.4. The maximum Gasteiger partial charge on any atom is 0.422 e. The maximum absolute atomic E-state index is 12.5. The molecule has 1 fully saturated rings. The van der Waals surface area contributed by atoms with Crippen LogP contribution in [0.2, 0.25) is 0 Å². The van der Waals surface area contributed by atoms with Crippen molar-refractivity contribution in [3.8, 4) is 5.75 Å². The number of amides is 1. The fourth-order valence-corrected chi connectivity index (χ4v) is 5.42. The highest BCUT2D eigenvalue weighted by molar-refractivity contribution is 8.16. The zero-order valence-electron chi connectivity index (χ0n) is 14.3. The lowest BCUT2D eigenvalue weighted by molar-refractivity contribution is -0.153. The predicted octanol–water partition coefficient (Wildman–Crippen LogP) is 5.75. The Bertz CT molecular complexity index is 775. The number of benzene rings is 2. The largest absolute Gasteiger partial charge is 0.482 e. The molecule has 8 heteroatoms. The molecule has 0 spiro atoms. The lowest BCUT2D eigenvalue weighted by Gasteiger charge is -2.21. The first kappa shape index (κ1) is 19.9. The fraction of sp³-hybridized carbons (Fsp3) is 0.316. The molecule has 0 atom stereocenters. The number of carbonyl (C=O) groups is 1. The van der Waals surface area contributed by atoms with Crippen LogP contribution in [0.25, 0.3) is 0 Å². The Balaban J connectivity index is 1.66. The first-order valence-electron chi connectivity index (χ1n) is 8.35. The minimum atomic E-state index is -4.44. The third-order valence-corrected chi connectivity index (χ3v) is 6.81. The van der Waals surface area contributed by atoms with Crippen molar-refractivity contribution in [2.24, 2.45) is 0 Å². The van der Waals surface area contributed by atoms with E-state index in [1.807, 2.05) is 35.7 Å². The zero-order valence-corrected chi connectivity index (χ0v) is 15.9. The molecule has 27 heavy (non-hydrogen) atoms. The Morgan fingerprint density at radius 1 is 1.07 bits per heavy atom. The van der Waals surface area contributed by atoms with Gasteiger partial charge in [-0.3, -0.25) is 4.79 Å². The van der Waals surface area contributed by atoms with E-state index in [1.165, 1.54) is 18.6 Å². The second-order valence-corrected chi connectivity index (χ2v) is 8.63. The van der Waals surface area contributed by atoms with Crippen LogP contribution in [0, 0.1) is 0 Å². The van der Waals surface area contributed by atoms with Crippen LogP contribution in [-0.2, 0) is 0 Å². The molecule has 0 aliphatic carbocycles. The smallest absolute Gasteiger partial charge is 0.422 e. The molecule has 0 saturated carbocycles. The van der Waals surface area contributed by atoms with Crippen molar-refractivity contribution < 1.29 is 22.7 Å². The van der Waals surface area contributed by atoms with Crippen molar-refractivity contribution >= 4 is 35.1 Å². The molecular formula is C19H18F3NO2S2. The molecule has 1 heterocycles. The van der Waals surface area contributed by atoms with Gasteiger partial charge in [-0.05, 0) is 47.8 Å². The summed E-state index contributed by atoms with van der Waals surface area (Å²) in [5.74, 6) is 1.85. The number of thioether (sulfide) groups is 2. The Hall–Kier alpha value is -1.80. The second-order valence-electron chi connectivity index (χ2n) is 5.90. The predicted molar refractivity (Wildman–Crippen MR) is 105 cm³/mol. The van der Waals surface area contributed by atoms with Crippen molar-refractivity contribution in [3.05, 3.63) is 59.7 Å². The van der Waals surface area contributed by atoms with Gasteiger partial charge in [0.2, 0.25) is 0 Å². The molecule has 3 rings (SSSR count). The number of rotatable bonds is 5. The summed E-state index contributed by atoms with van der Waals surface area (Å²) in [6.07, 6.45) is -3.23. The molecule has 0 bridgehead atoms. The molecule has 0 unspecified atom stereocenters. The Kier molecular flexibility index (Phi) is 6.59. The second kappa shape index (κ2) is 8.93. The van der Waals surface area contributed by atoms with Crippen LogP contribution in [0.4, 0.5) is 18.9 Å². The van der Waals surface area contributed by atoms with Crippen LogP contribution >= 0.6 is 23.5 Å². The van der Waals surface area contributed by atoms with E-state index in [9.17, 15) is 18.0 Å². The van der Waals surface area contributed by atoms with Gasteiger partial charge in [-0.15, -0.1) is 23.5 Å². The topological polar surface area (TPSA) is 38.3 Å². The van der Waals surface area contributed by atoms with Gasteiger partial charge in [0, 0.05) is 5.56 Å². The highest BCUT2D eigenvalue weighted by Gasteiger charge is 2.29. The first-order chi connectivity index (χ1) is 12.9. The van der Waals surface area contributed by atoms with Crippen LogP contribution in [0.3, 0.4) is 0 Å². The Labute approximate surface area is 164 Å². The average Bonchev–Trinajstić information content (AvgIpc) is 2.67. The Morgan fingerprint density at radius 3 is 2.41 bits per heavy atom. The van der Waals surface area contributed by atoms with Crippen molar-refractivity contribution in [3.63, 3.8) is 0 Å². The third-order valence-electron chi connectivity index (χ3n) is 3.80. The van der Waals surface area contributed by atoms with Crippen LogP contribution < -0.4 is 10.1 Å². The summed E-state index contributed by atoms with van der Waals surface area (Å²) >= 11 is 3.79. The highest BCUT2D eigenvalue weighted by atomic mass is 32.2. The van der Waals surface area contributed by atoms with E-state index in [1.54, 1.807) is 24.3 Å². The van der Waals surface area contributed by atoms with E-state index in [2.05, 4.69) is 5.32 Å². The minimum absolute atomic E-state index is 0.0187. The number of para-hydroxylation sites is 2. The molecule has 0 radical (unpaired) electrons. The number of hydrogen-bond acceptors (Lipinski definition) is 4. The molecule has 2 aromatic rings. The summed E-state index contributed by atoms with van der Waals surface area (Å²) < 4.78 is 42.3. The normalized spacial score (nSPS) is 15.4. The standard InChI is InChI=1S/C19H18F3NO2S2/c20-19(21,22)12-25-16-5-2-1-4-15(16)23-17(24)13-6-8-14(9-7-13)18-26-10-3-11-27-18/h1-2,4-9,18H,3,10-12H2,(H,23,24). The molecule has 1 aliphatic rings. The summed E-state index contributed by atoms with van der Waals surface area (Å²) in [5, 5.41) is 2.62. The van der Waals surface area contributed by atoms with Crippen LogP contribution in [-0.4, -0.2) is 30.2 Å². The van der Waals surface area contributed by atoms with E-state index in [0.717, 1.165) is 17.1 Å². The number of anilines is 1. The molecule has 3 nitrogen and oxygen atoms in total. The molecule has 2 aromatic carbocycles. The molecule has 1 amide bonds. The number of hydrogen-bond donors (Lipinski definition) is 1. The molecule has 0 aromatic heterocycles. The monoisotopic (exact) mass is 413 g/mol. The number of carbonyl (C=O) groups excluding carboxylic acids is 1. The van der Waals surface area contributed by atoms with E-state index in [4.69, 9.17) is 4.74 Å². The molecule has 1 saturated heterocycles. The van der Waals surface area contributed by atoms with Gasteiger partial charge < -0.3 is 10.1 Å². The first-order valence-corrected chi connectivity index (χ1v) is 10.5. The van der Waals surface area contributed by atoms with Gasteiger partial charge in [-0.1, -0.05) is 24.3 Å². The van der Waals surface area contributed by atoms with E-state index in [-0.39, 0.29) is 11.4 Å². The molecule has 1 N–H and O–H groups in total. The van der Waals surface area contributed by atoms with Crippen LogP contribution in [0.15, 0.2) is 48.5 Å². The minimum Gasteiger partial charge on any atom is -0.482 e. The average molecular weight is 413 g/mol. The van der Waals surface area contributed by atoms with E-state index < -0.39 is 18.7 Å². The maximum atomic E-state index is 12.5. The van der Waals surface area contributed by atoms with Crippen LogP contribution in [0.5, 0.6) is 5.75 Å². The molecule has 1 aliphatic heterocycles. The quantitative estimate of drug-likeness (QED) is 0.678. The van der Waals surface area contributed by atoms with E-state index in [0.29, 0.717) is 10.1 Å². The highest BCUT2D eigenvalue weighted by Crippen LogP contribution is 2.43. The number of alkyl halides is 3. The van der Waals surface area contributed by atoms with Crippen molar-refractivity contribution in [2.75, 3.05) is 23.4 Å². The number of ether oxygens (including phenoxy) is 1. The zero-order chi connectivity index (χ0) is 19.3. The van der Waals surface area contributed by atoms with Gasteiger partial charge in [-0.2, -0.15) is 13.2 Å². The molecular weight excluding hydrogens is 395 g/mol. The summed E-state index contributed by atoms with van der Waals surface area (Å²) in [6.45, 7) is -1.41. The number of halogens is 3. The lowest BCUT2D eigenvalue weighted by Crippen LogP contribution is -2.20. The van der Waals surface area contributed by atoms with Crippen molar-refractivity contribution in [1.29, 1.82) is 0 Å². The van der Waals surface area contributed by atoms with Gasteiger partial charge >= 0.3 is 6.18 Å². The summed E-state index contributed by atoms with van der Waals surface area (Å²) in [5.41, 5.74) is 1.81. The summed E-state index contributed by atoms with van der Waals surface area (Å²) in [7, 11) is 0. The van der Waals surface area contributed by atoms with Gasteiger partial charge in [0.1, 0.15) is 5.75 Å². The third kappa shape index (κ3) is 5.84. The lowest BCUT2D eigenvalue weighted by atomic mass is 10.1.